The minimum absolute atomic E-state index is 0.147. The van der Waals surface area contributed by atoms with Gasteiger partial charge in [-0.15, -0.1) is 0 Å². The van der Waals surface area contributed by atoms with Crippen LogP contribution in [0.25, 0.3) is 0 Å². The van der Waals surface area contributed by atoms with Crippen molar-refractivity contribution in [3.63, 3.8) is 0 Å². The molecular weight excluding hydrogens is 352 g/mol. The molecule has 0 unspecified atom stereocenters. The lowest BCUT2D eigenvalue weighted by Gasteiger charge is -2.27. The molecule has 0 amide bonds. The van der Waals surface area contributed by atoms with Crippen LogP contribution in [-0.4, -0.2) is 40.3 Å². The average molecular weight is 381 g/mol. The molecule has 1 aromatic heterocycles. The molecule has 1 aromatic rings. The normalized spacial score (nSPS) is 18.0. The van der Waals surface area contributed by atoms with Crippen molar-refractivity contribution < 1.29 is 19.4 Å². The fourth-order valence-electron chi connectivity index (χ4n) is 3.35. The van der Waals surface area contributed by atoms with Crippen LogP contribution in [0.15, 0.2) is 12.3 Å². The van der Waals surface area contributed by atoms with E-state index in [4.69, 9.17) is 21.7 Å². The van der Waals surface area contributed by atoms with Crippen molar-refractivity contribution in [2.75, 3.05) is 7.11 Å². The van der Waals surface area contributed by atoms with Gasteiger partial charge in [0.2, 0.25) is 0 Å². The van der Waals surface area contributed by atoms with E-state index in [1.807, 2.05) is 6.92 Å². The number of methoxy groups -OCH3 is 1. The summed E-state index contributed by atoms with van der Waals surface area (Å²) >= 11 is 5.27. The molecule has 0 bridgehead atoms. The number of hydrogen-bond donors (Lipinski definition) is 2. The largest absolute Gasteiger partial charge is 0.503 e. The Labute approximate surface area is 160 Å². The highest BCUT2D eigenvalue weighted by Gasteiger charge is 2.29. The lowest BCUT2D eigenvalue weighted by atomic mass is 9.88. The maximum atomic E-state index is 12.4. The molecule has 2 rings (SSSR count). The zero-order valence-corrected chi connectivity index (χ0v) is 16.6. The SMILES string of the molecule is COc1ccnc(C(=S)N[C@@H](C)C(=O)O[C@@H](C)[C@@H](C)C2CCCC2)c1O. The number of aromatic nitrogens is 1. The van der Waals surface area contributed by atoms with Gasteiger partial charge in [0.1, 0.15) is 22.8 Å². The minimum atomic E-state index is -0.645. The number of carbonyl (C=O) groups is 1. The van der Waals surface area contributed by atoms with Gasteiger partial charge in [-0.25, -0.2) is 9.78 Å². The maximum absolute atomic E-state index is 12.4. The van der Waals surface area contributed by atoms with Gasteiger partial charge in [-0.1, -0.05) is 44.8 Å². The quantitative estimate of drug-likeness (QED) is 0.555. The number of carbonyl (C=O) groups excluding carboxylic acids is 1. The molecule has 1 saturated carbocycles. The van der Waals surface area contributed by atoms with E-state index in [-0.39, 0.29) is 34.3 Å². The van der Waals surface area contributed by atoms with Crippen LogP contribution in [0.5, 0.6) is 11.5 Å². The highest BCUT2D eigenvalue weighted by atomic mass is 32.1. The summed E-state index contributed by atoms with van der Waals surface area (Å²) < 4.78 is 10.7. The van der Waals surface area contributed by atoms with Gasteiger partial charge in [0.25, 0.3) is 0 Å². The molecule has 1 aliphatic rings. The molecule has 1 aliphatic carbocycles. The maximum Gasteiger partial charge on any atom is 0.328 e. The first-order chi connectivity index (χ1) is 12.3. The second-order valence-corrected chi connectivity index (χ2v) is 7.36. The molecule has 26 heavy (non-hydrogen) atoms. The molecule has 0 radical (unpaired) electrons. The third-order valence-corrected chi connectivity index (χ3v) is 5.52. The Morgan fingerprint density at radius 3 is 2.62 bits per heavy atom. The number of thiocarbonyl (C=S) groups is 1. The Balaban J connectivity index is 1.93. The topological polar surface area (TPSA) is 80.7 Å². The first kappa shape index (κ1) is 20.4. The van der Waals surface area contributed by atoms with E-state index in [1.165, 1.54) is 45.1 Å². The van der Waals surface area contributed by atoms with Crippen molar-refractivity contribution in [2.24, 2.45) is 11.8 Å². The summed E-state index contributed by atoms with van der Waals surface area (Å²) in [7, 11) is 1.45. The Morgan fingerprint density at radius 2 is 2.00 bits per heavy atom. The fraction of sp³-hybridized carbons (Fsp3) is 0.632. The summed E-state index contributed by atoms with van der Waals surface area (Å²) in [6.07, 6.45) is 6.28. The van der Waals surface area contributed by atoms with Crippen molar-refractivity contribution >= 4 is 23.2 Å². The van der Waals surface area contributed by atoms with Crippen LogP contribution >= 0.6 is 12.2 Å². The van der Waals surface area contributed by atoms with Gasteiger partial charge in [-0.2, -0.15) is 0 Å². The lowest BCUT2D eigenvalue weighted by Crippen LogP contribution is -2.41. The summed E-state index contributed by atoms with van der Waals surface area (Å²) in [6.45, 7) is 5.77. The van der Waals surface area contributed by atoms with Crippen molar-refractivity contribution in [3.8, 4) is 11.5 Å². The van der Waals surface area contributed by atoms with Crippen LogP contribution in [0.2, 0.25) is 0 Å². The van der Waals surface area contributed by atoms with Crippen molar-refractivity contribution in [3.05, 3.63) is 18.0 Å². The molecule has 144 valence electrons. The van der Waals surface area contributed by atoms with Crippen molar-refractivity contribution in [2.45, 2.75) is 58.6 Å². The molecule has 2 N–H and O–H groups in total. The van der Waals surface area contributed by atoms with Crippen molar-refractivity contribution in [1.29, 1.82) is 0 Å². The van der Waals surface area contributed by atoms with E-state index < -0.39 is 6.04 Å². The number of hydrogen-bond acceptors (Lipinski definition) is 6. The second kappa shape index (κ2) is 9.16. The van der Waals surface area contributed by atoms with E-state index in [0.29, 0.717) is 11.8 Å². The van der Waals surface area contributed by atoms with E-state index in [9.17, 15) is 9.90 Å². The highest BCUT2D eigenvalue weighted by molar-refractivity contribution is 7.80. The van der Waals surface area contributed by atoms with E-state index in [1.54, 1.807) is 6.92 Å². The van der Waals surface area contributed by atoms with E-state index >= 15 is 0 Å². The third kappa shape index (κ3) is 4.84. The minimum Gasteiger partial charge on any atom is -0.503 e. The lowest BCUT2D eigenvalue weighted by molar-refractivity contribution is -0.153. The van der Waals surface area contributed by atoms with Crippen LogP contribution in [0, 0.1) is 11.8 Å². The van der Waals surface area contributed by atoms with Gasteiger partial charge in [0.05, 0.1) is 7.11 Å². The van der Waals surface area contributed by atoms with Crippen LogP contribution in [0.3, 0.4) is 0 Å². The molecule has 6 nitrogen and oxygen atoms in total. The average Bonchev–Trinajstić information content (AvgIpc) is 3.15. The molecule has 0 saturated heterocycles. The van der Waals surface area contributed by atoms with Crippen LogP contribution in [-0.2, 0) is 9.53 Å². The van der Waals surface area contributed by atoms with Gasteiger partial charge in [-0.05, 0) is 25.7 Å². The Bertz CT molecular complexity index is 646. The molecular formula is C19H28N2O4S. The molecule has 0 spiro atoms. The first-order valence-electron chi connectivity index (χ1n) is 9.08. The zero-order chi connectivity index (χ0) is 19.3. The van der Waals surface area contributed by atoms with Gasteiger partial charge < -0.3 is 19.9 Å². The van der Waals surface area contributed by atoms with Gasteiger partial charge in [-0.3, -0.25) is 0 Å². The summed E-state index contributed by atoms with van der Waals surface area (Å²) in [5.41, 5.74) is 0.173. The molecule has 7 heteroatoms. The third-order valence-electron chi connectivity index (χ3n) is 5.21. The Kier molecular flexibility index (Phi) is 7.20. The molecule has 1 heterocycles. The van der Waals surface area contributed by atoms with Gasteiger partial charge in [0, 0.05) is 12.3 Å². The summed E-state index contributed by atoms with van der Waals surface area (Å²) in [6, 6.07) is 0.888. The van der Waals surface area contributed by atoms with Gasteiger partial charge >= 0.3 is 5.97 Å². The number of aromatic hydroxyl groups is 1. The number of rotatable bonds is 7. The number of pyridine rings is 1. The fourth-order valence-corrected chi connectivity index (χ4v) is 3.68. The zero-order valence-electron chi connectivity index (χ0n) is 15.8. The molecule has 1 fully saturated rings. The van der Waals surface area contributed by atoms with Crippen LogP contribution < -0.4 is 10.1 Å². The molecule has 0 aromatic carbocycles. The first-order valence-corrected chi connectivity index (χ1v) is 9.49. The summed E-state index contributed by atoms with van der Waals surface area (Å²) in [5.74, 6) is 0.710. The smallest absolute Gasteiger partial charge is 0.328 e. The molecule has 0 aliphatic heterocycles. The van der Waals surface area contributed by atoms with Crippen LogP contribution in [0.4, 0.5) is 0 Å². The highest BCUT2D eigenvalue weighted by Crippen LogP contribution is 2.33. The van der Waals surface area contributed by atoms with E-state index in [0.717, 1.165) is 0 Å². The summed E-state index contributed by atoms with van der Waals surface area (Å²) in [5, 5.41) is 13.0. The molecule has 3 atom stereocenters. The summed E-state index contributed by atoms with van der Waals surface area (Å²) in [4.78, 5) is 16.6. The Hall–Kier alpha value is -1.89. The van der Waals surface area contributed by atoms with E-state index in [2.05, 4.69) is 17.2 Å². The monoisotopic (exact) mass is 380 g/mol. The van der Waals surface area contributed by atoms with Gasteiger partial charge in [0.15, 0.2) is 11.5 Å². The standard InChI is InChI=1S/C19H28N2O4S/c1-11(14-7-5-6-8-14)13(3)25-19(23)12(2)21-18(26)16-17(22)15(24-4)9-10-20-16/h9-14,22H,5-8H2,1-4H3,(H,21,26)/t11-,12+,13+/m1/s1. The number of esters is 1. The predicted molar refractivity (Wildman–Crippen MR) is 103 cm³/mol. The second-order valence-electron chi connectivity index (χ2n) is 6.95. The number of ether oxygens (including phenoxy) is 2. The Morgan fingerprint density at radius 1 is 1.35 bits per heavy atom. The van der Waals surface area contributed by atoms with Crippen molar-refractivity contribution in [1.82, 2.24) is 10.3 Å². The number of nitrogens with zero attached hydrogens (tertiary/aromatic N) is 1. The predicted octanol–water partition coefficient (Wildman–Crippen LogP) is 3.21. The number of nitrogens with one attached hydrogen (secondary N) is 1. The van der Waals surface area contributed by atoms with Crippen LogP contribution in [0.1, 0.15) is 52.1 Å².